The highest BCUT2D eigenvalue weighted by Crippen LogP contribution is 2.37. The molecule has 0 aliphatic carbocycles. The van der Waals surface area contributed by atoms with Crippen molar-refractivity contribution >= 4 is 69.4 Å². The van der Waals surface area contributed by atoms with Crippen LogP contribution in [0.25, 0.3) is 28.2 Å². The van der Waals surface area contributed by atoms with E-state index < -0.39 is 5.97 Å². The SMILES string of the molecule is O=C(O)CNc1ncnc2c1nc(-c1ccc(Cl)cc1Cl)n2-c1ccc(Cl)cc1Cl. The summed E-state index contributed by atoms with van der Waals surface area (Å²) >= 11 is 25.0. The lowest BCUT2D eigenvalue weighted by Crippen LogP contribution is -2.13. The van der Waals surface area contributed by atoms with Crippen LogP contribution in [-0.4, -0.2) is 37.1 Å². The van der Waals surface area contributed by atoms with E-state index in [0.29, 0.717) is 48.3 Å². The standard InChI is InChI=1S/C19H11Cl4N5O2/c20-9-1-3-11(12(22)5-9)18-27-16-17(24-7-15(29)30)25-8-26-19(16)28(18)14-4-2-10(21)6-13(14)23/h1-6,8H,7H2,(H,29,30)(H,24,25,26). The van der Waals surface area contributed by atoms with E-state index in [1.807, 2.05) is 0 Å². The Kier molecular flexibility index (Phi) is 5.71. The molecular formula is C19H11Cl4N5O2. The molecule has 0 saturated carbocycles. The smallest absolute Gasteiger partial charge is 0.322 e. The van der Waals surface area contributed by atoms with Crippen LogP contribution in [0.15, 0.2) is 42.7 Å². The third kappa shape index (κ3) is 3.89. The normalized spacial score (nSPS) is 11.1. The van der Waals surface area contributed by atoms with E-state index in [2.05, 4.69) is 20.3 Å². The summed E-state index contributed by atoms with van der Waals surface area (Å²) in [6, 6.07) is 10.0. The van der Waals surface area contributed by atoms with Crippen molar-refractivity contribution in [1.82, 2.24) is 19.5 Å². The van der Waals surface area contributed by atoms with Gasteiger partial charge in [-0.05, 0) is 36.4 Å². The van der Waals surface area contributed by atoms with E-state index in [4.69, 9.17) is 51.5 Å². The van der Waals surface area contributed by atoms with Crippen LogP contribution in [0, 0.1) is 0 Å². The molecule has 0 fully saturated rings. The van der Waals surface area contributed by atoms with Crippen molar-refractivity contribution in [2.75, 3.05) is 11.9 Å². The summed E-state index contributed by atoms with van der Waals surface area (Å²) in [6.07, 6.45) is 1.31. The molecule has 2 heterocycles. The molecule has 0 atom stereocenters. The van der Waals surface area contributed by atoms with Crippen LogP contribution in [0.3, 0.4) is 0 Å². The number of fused-ring (bicyclic) bond motifs is 1. The van der Waals surface area contributed by atoms with Gasteiger partial charge >= 0.3 is 5.97 Å². The molecule has 0 unspecified atom stereocenters. The number of imidazole rings is 1. The average molecular weight is 483 g/mol. The fourth-order valence-electron chi connectivity index (χ4n) is 2.92. The number of benzene rings is 2. The van der Waals surface area contributed by atoms with Gasteiger partial charge in [0.2, 0.25) is 0 Å². The van der Waals surface area contributed by atoms with Crippen molar-refractivity contribution in [2.24, 2.45) is 0 Å². The van der Waals surface area contributed by atoms with Gasteiger partial charge in [0, 0.05) is 15.6 Å². The van der Waals surface area contributed by atoms with Gasteiger partial charge < -0.3 is 10.4 Å². The minimum absolute atomic E-state index is 0.262. The molecule has 0 amide bonds. The molecule has 4 aromatic rings. The fraction of sp³-hybridized carbons (Fsp3) is 0.0526. The first-order valence-electron chi connectivity index (χ1n) is 8.45. The maximum Gasteiger partial charge on any atom is 0.322 e. The molecule has 2 N–H and O–H groups in total. The van der Waals surface area contributed by atoms with E-state index >= 15 is 0 Å². The lowest BCUT2D eigenvalue weighted by Gasteiger charge is -2.12. The predicted octanol–water partition coefficient (Wildman–Crippen LogP) is 5.59. The molecule has 4 rings (SSSR count). The minimum atomic E-state index is -1.04. The van der Waals surface area contributed by atoms with Crippen LogP contribution in [0.4, 0.5) is 5.82 Å². The Morgan fingerprint density at radius 3 is 2.37 bits per heavy atom. The van der Waals surface area contributed by atoms with Gasteiger partial charge in [0.05, 0.1) is 15.7 Å². The Morgan fingerprint density at radius 2 is 1.70 bits per heavy atom. The summed E-state index contributed by atoms with van der Waals surface area (Å²) in [5.74, 6) is -0.352. The number of carbonyl (C=O) groups is 1. The minimum Gasteiger partial charge on any atom is -0.480 e. The van der Waals surface area contributed by atoms with E-state index in [1.54, 1.807) is 41.0 Å². The average Bonchev–Trinajstić information content (AvgIpc) is 3.06. The van der Waals surface area contributed by atoms with Gasteiger partial charge in [-0.3, -0.25) is 9.36 Å². The van der Waals surface area contributed by atoms with E-state index in [0.717, 1.165) is 0 Å². The zero-order valence-corrected chi connectivity index (χ0v) is 17.9. The predicted molar refractivity (Wildman–Crippen MR) is 118 cm³/mol. The number of aliphatic carboxylic acids is 1. The van der Waals surface area contributed by atoms with Crippen molar-refractivity contribution in [3.63, 3.8) is 0 Å². The summed E-state index contributed by atoms with van der Waals surface area (Å²) < 4.78 is 1.71. The molecule has 0 bridgehead atoms. The molecule has 0 aliphatic heterocycles. The van der Waals surface area contributed by atoms with Crippen molar-refractivity contribution in [3.8, 4) is 17.1 Å². The third-order valence-electron chi connectivity index (χ3n) is 4.17. The Bertz CT molecular complexity index is 1290. The number of aromatic nitrogens is 4. The fourth-order valence-corrected chi connectivity index (χ4v) is 3.91. The zero-order valence-electron chi connectivity index (χ0n) is 14.9. The number of carboxylic acids is 1. The van der Waals surface area contributed by atoms with Gasteiger partial charge in [0.1, 0.15) is 18.7 Å². The number of hydrogen-bond acceptors (Lipinski definition) is 5. The van der Waals surface area contributed by atoms with Gasteiger partial charge in [-0.1, -0.05) is 46.4 Å². The Balaban J connectivity index is 2.03. The first kappa shape index (κ1) is 20.7. The maximum absolute atomic E-state index is 11.0. The first-order valence-corrected chi connectivity index (χ1v) is 9.96. The molecule has 2 aromatic carbocycles. The number of anilines is 1. The van der Waals surface area contributed by atoms with Gasteiger partial charge in [0.25, 0.3) is 0 Å². The Labute approximate surface area is 190 Å². The maximum atomic E-state index is 11.0. The molecule has 0 radical (unpaired) electrons. The number of halogens is 4. The van der Waals surface area contributed by atoms with Gasteiger partial charge in [-0.15, -0.1) is 0 Å². The molecule has 30 heavy (non-hydrogen) atoms. The first-order chi connectivity index (χ1) is 14.3. The highest BCUT2D eigenvalue weighted by molar-refractivity contribution is 6.37. The molecule has 0 aliphatic rings. The number of rotatable bonds is 5. The number of nitrogens with zero attached hydrogens (tertiary/aromatic N) is 4. The molecule has 0 spiro atoms. The molecule has 2 aromatic heterocycles. The second kappa shape index (κ2) is 8.28. The Hall–Kier alpha value is -2.58. The summed E-state index contributed by atoms with van der Waals surface area (Å²) in [5, 5.41) is 13.4. The highest BCUT2D eigenvalue weighted by atomic mass is 35.5. The second-order valence-corrected chi connectivity index (χ2v) is 7.82. The summed E-state index contributed by atoms with van der Waals surface area (Å²) in [4.78, 5) is 24.1. The van der Waals surface area contributed by atoms with Crippen molar-refractivity contribution in [2.45, 2.75) is 0 Å². The molecule has 7 nitrogen and oxygen atoms in total. The van der Waals surface area contributed by atoms with E-state index in [1.165, 1.54) is 6.33 Å². The quantitative estimate of drug-likeness (QED) is 0.385. The van der Waals surface area contributed by atoms with Crippen molar-refractivity contribution in [1.29, 1.82) is 0 Å². The van der Waals surface area contributed by atoms with Crippen molar-refractivity contribution < 1.29 is 9.90 Å². The van der Waals surface area contributed by atoms with E-state index in [-0.39, 0.29) is 12.4 Å². The third-order valence-corrected chi connectivity index (χ3v) is 5.26. The number of nitrogens with one attached hydrogen (secondary N) is 1. The van der Waals surface area contributed by atoms with E-state index in [9.17, 15) is 4.79 Å². The van der Waals surface area contributed by atoms with Crippen molar-refractivity contribution in [3.05, 3.63) is 62.8 Å². The lowest BCUT2D eigenvalue weighted by atomic mass is 10.2. The summed E-state index contributed by atoms with van der Waals surface area (Å²) in [6.45, 7) is -0.336. The van der Waals surface area contributed by atoms with Crippen LogP contribution in [-0.2, 0) is 4.79 Å². The molecular weight excluding hydrogens is 472 g/mol. The lowest BCUT2D eigenvalue weighted by molar-refractivity contribution is -0.134. The molecule has 11 heteroatoms. The summed E-state index contributed by atoms with van der Waals surface area (Å²) in [7, 11) is 0. The monoisotopic (exact) mass is 481 g/mol. The topological polar surface area (TPSA) is 92.9 Å². The largest absolute Gasteiger partial charge is 0.480 e. The number of carboxylic acid groups (broad SMARTS) is 1. The van der Waals surface area contributed by atoms with Crippen LogP contribution in [0.5, 0.6) is 0 Å². The van der Waals surface area contributed by atoms with Gasteiger partial charge in [-0.2, -0.15) is 0 Å². The Morgan fingerprint density at radius 1 is 1.00 bits per heavy atom. The van der Waals surface area contributed by atoms with Crippen LogP contribution >= 0.6 is 46.4 Å². The molecule has 0 saturated heterocycles. The van der Waals surface area contributed by atoms with Gasteiger partial charge in [-0.25, -0.2) is 15.0 Å². The number of hydrogen-bond donors (Lipinski definition) is 2. The second-order valence-electron chi connectivity index (χ2n) is 6.13. The van der Waals surface area contributed by atoms with Crippen LogP contribution < -0.4 is 5.32 Å². The van der Waals surface area contributed by atoms with Gasteiger partial charge in [0.15, 0.2) is 17.0 Å². The highest BCUT2D eigenvalue weighted by Gasteiger charge is 2.22. The van der Waals surface area contributed by atoms with Crippen LogP contribution in [0.2, 0.25) is 20.1 Å². The van der Waals surface area contributed by atoms with Crippen LogP contribution in [0.1, 0.15) is 0 Å². The molecule has 152 valence electrons. The summed E-state index contributed by atoms with van der Waals surface area (Å²) in [5.41, 5.74) is 1.90. The zero-order chi connectivity index (χ0) is 21.4.